The molecule has 0 saturated carbocycles. The average molecular weight is 272 g/mol. The van der Waals surface area contributed by atoms with Gasteiger partial charge in [0.15, 0.2) is 0 Å². The molecule has 0 radical (unpaired) electrons. The molecular weight excluding hydrogens is 257 g/mol. The van der Waals surface area contributed by atoms with Crippen LogP contribution in [-0.2, 0) is 17.5 Å². The Morgan fingerprint density at radius 3 is 2.63 bits per heavy atom. The van der Waals surface area contributed by atoms with Crippen molar-refractivity contribution in [1.29, 1.82) is 0 Å². The minimum absolute atomic E-state index is 0.00664. The van der Waals surface area contributed by atoms with E-state index in [2.05, 4.69) is 5.32 Å². The first-order chi connectivity index (χ1) is 8.93. The molecule has 1 fully saturated rings. The molecule has 0 aromatic heterocycles. The second-order valence-electron chi connectivity index (χ2n) is 4.54. The number of amides is 1. The Kier molecular flexibility index (Phi) is 3.80. The Morgan fingerprint density at radius 2 is 2.05 bits per heavy atom. The number of benzene rings is 1. The van der Waals surface area contributed by atoms with E-state index in [-0.39, 0.29) is 24.1 Å². The van der Waals surface area contributed by atoms with Gasteiger partial charge >= 0.3 is 6.18 Å². The van der Waals surface area contributed by atoms with E-state index in [0.29, 0.717) is 13.0 Å². The van der Waals surface area contributed by atoms with Gasteiger partial charge in [-0.05, 0) is 25.1 Å². The summed E-state index contributed by atoms with van der Waals surface area (Å²) in [6.45, 7) is 0.489. The van der Waals surface area contributed by atoms with Gasteiger partial charge in [0.05, 0.1) is 11.6 Å². The molecule has 104 valence electrons. The van der Waals surface area contributed by atoms with Crippen LogP contribution in [0.25, 0.3) is 0 Å². The lowest BCUT2D eigenvalue weighted by molar-refractivity contribution is -0.139. The number of nitrogens with one attached hydrogen (secondary N) is 1. The van der Waals surface area contributed by atoms with Crippen molar-refractivity contribution in [2.45, 2.75) is 25.2 Å². The molecular formula is C13H15F3N2O. The number of nitrogens with zero attached hydrogens (tertiary/aromatic N) is 1. The first-order valence-corrected chi connectivity index (χ1v) is 6.04. The molecule has 1 aliphatic heterocycles. The van der Waals surface area contributed by atoms with Crippen molar-refractivity contribution in [3.8, 4) is 0 Å². The molecule has 0 aliphatic carbocycles. The van der Waals surface area contributed by atoms with Crippen LogP contribution < -0.4 is 5.32 Å². The summed E-state index contributed by atoms with van der Waals surface area (Å²) in [4.78, 5) is 13.3. The summed E-state index contributed by atoms with van der Waals surface area (Å²) in [5, 5.41) is 2.86. The van der Waals surface area contributed by atoms with E-state index in [1.807, 2.05) is 0 Å². The summed E-state index contributed by atoms with van der Waals surface area (Å²) < 4.78 is 38.5. The highest BCUT2D eigenvalue weighted by Crippen LogP contribution is 2.32. The highest BCUT2D eigenvalue weighted by molar-refractivity contribution is 5.83. The lowest BCUT2D eigenvalue weighted by atomic mass is 10.1. The Morgan fingerprint density at radius 1 is 1.37 bits per heavy atom. The standard InChI is InChI=1S/C13H15F3N2O/c1-17-11-6-7-18(12(11)19)8-9-4-2-3-5-10(9)13(14,15)16/h2-5,11,17H,6-8H2,1H3. The van der Waals surface area contributed by atoms with Gasteiger partial charge in [0.1, 0.15) is 0 Å². The van der Waals surface area contributed by atoms with Crippen LogP contribution in [0, 0.1) is 0 Å². The number of rotatable bonds is 3. The number of alkyl halides is 3. The van der Waals surface area contributed by atoms with Crippen LogP contribution in [0.2, 0.25) is 0 Å². The maximum Gasteiger partial charge on any atom is 0.416 e. The molecule has 1 unspecified atom stereocenters. The number of halogens is 3. The van der Waals surface area contributed by atoms with Crippen molar-refractivity contribution in [2.75, 3.05) is 13.6 Å². The lowest BCUT2D eigenvalue weighted by Crippen LogP contribution is -2.36. The summed E-state index contributed by atoms with van der Waals surface area (Å²) in [6.07, 6.45) is -3.76. The number of hydrogen-bond acceptors (Lipinski definition) is 2. The van der Waals surface area contributed by atoms with Gasteiger partial charge in [-0.25, -0.2) is 0 Å². The van der Waals surface area contributed by atoms with Gasteiger partial charge in [0, 0.05) is 13.1 Å². The first-order valence-electron chi connectivity index (χ1n) is 6.04. The van der Waals surface area contributed by atoms with Crippen molar-refractivity contribution in [3.63, 3.8) is 0 Å². The third kappa shape index (κ3) is 2.89. The topological polar surface area (TPSA) is 32.3 Å². The Bertz CT molecular complexity index is 473. The number of hydrogen-bond donors (Lipinski definition) is 1. The Hall–Kier alpha value is -1.56. The van der Waals surface area contributed by atoms with Crippen LogP contribution in [0.5, 0.6) is 0 Å². The predicted molar refractivity (Wildman–Crippen MR) is 64.3 cm³/mol. The lowest BCUT2D eigenvalue weighted by Gasteiger charge is -2.19. The molecule has 1 saturated heterocycles. The van der Waals surface area contributed by atoms with Crippen molar-refractivity contribution in [1.82, 2.24) is 10.2 Å². The summed E-state index contributed by atoms with van der Waals surface area (Å²) in [5.74, 6) is -0.139. The second-order valence-corrected chi connectivity index (χ2v) is 4.54. The van der Waals surface area contributed by atoms with Gasteiger partial charge in [0.25, 0.3) is 0 Å². The number of likely N-dealkylation sites (N-methyl/N-ethyl adjacent to an activating group) is 1. The molecule has 0 bridgehead atoms. The zero-order valence-electron chi connectivity index (χ0n) is 10.5. The Balaban J connectivity index is 2.19. The molecule has 0 spiro atoms. The van der Waals surface area contributed by atoms with E-state index in [1.54, 1.807) is 13.1 Å². The van der Waals surface area contributed by atoms with Crippen LogP contribution in [0.4, 0.5) is 13.2 Å². The van der Waals surface area contributed by atoms with Crippen molar-refractivity contribution in [2.24, 2.45) is 0 Å². The van der Waals surface area contributed by atoms with Crippen LogP contribution >= 0.6 is 0 Å². The number of likely N-dealkylation sites (tertiary alicyclic amines) is 1. The van der Waals surface area contributed by atoms with Gasteiger partial charge in [-0.3, -0.25) is 4.79 Å². The van der Waals surface area contributed by atoms with Gasteiger partial charge in [-0.1, -0.05) is 18.2 Å². The second kappa shape index (κ2) is 5.21. The third-order valence-electron chi connectivity index (χ3n) is 3.33. The fourth-order valence-electron chi connectivity index (χ4n) is 2.30. The van der Waals surface area contributed by atoms with Crippen LogP contribution in [0.3, 0.4) is 0 Å². The van der Waals surface area contributed by atoms with Crippen LogP contribution in [0.1, 0.15) is 17.5 Å². The molecule has 6 heteroatoms. The average Bonchev–Trinajstić information content (AvgIpc) is 2.70. The van der Waals surface area contributed by atoms with Gasteiger partial charge in [-0.15, -0.1) is 0 Å². The van der Waals surface area contributed by atoms with E-state index in [4.69, 9.17) is 0 Å². The molecule has 1 heterocycles. The zero-order chi connectivity index (χ0) is 14.0. The minimum atomic E-state index is -4.39. The minimum Gasteiger partial charge on any atom is -0.337 e. The fourth-order valence-corrected chi connectivity index (χ4v) is 2.30. The molecule has 3 nitrogen and oxygen atoms in total. The third-order valence-corrected chi connectivity index (χ3v) is 3.33. The van der Waals surface area contributed by atoms with Crippen molar-refractivity contribution < 1.29 is 18.0 Å². The van der Waals surface area contributed by atoms with E-state index in [9.17, 15) is 18.0 Å². The molecule has 1 amide bonds. The monoisotopic (exact) mass is 272 g/mol. The summed E-state index contributed by atoms with van der Waals surface area (Å²) in [5.41, 5.74) is -0.532. The SMILES string of the molecule is CNC1CCN(Cc2ccccc2C(F)(F)F)C1=O. The maximum atomic E-state index is 12.8. The molecule has 1 atom stereocenters. The summed E-state index contributed by atoms with van der Waals surface area (Å²) >= 11 is 0. The van der Waals surface area contributed by atoms with Crippen molar-refractivity contribution >= 4 is 5.91 Å². The molecule has 1 N–H and O–H groups in total. The van der Waals surface area contributed by atoms with Crippen LogP contribution in [-0.4, -0.2) is 30.4 Å². The van der Waals surface area contributed by atoms with Crippen LogP contribution in [0.15, 0.2) is 24.3 Å². The smallest absolute Gasteiger partial charge is 0.337 e. The molecule has 2 rings (SSSR count). The quantitative estimate of drug-likeness (QED) is 0.913. The Labute approximate surface area is 109 Å². The largest absolute Gasteiger partial charge is 0.416 e. The first kappa shape index (κ1) is 13.9. The summed E-state index contributed by atoms with van der Waals surface area (Å²) in [7, 11) is 1.68. The van der Waals surface area contributed by atoms with Gasteiger partial charge in [-0.2, -0.15) is 13.2 Å². The maximum absolute atomic E-state index is 12.8. The van der Waals surface area contributed by atoms with Crippen molar-refractivity contribution in [3.05, 3.63) is 35.4 Å². The summed E-state index contributed by atoms with van der Waals surface area (Å²) in [6, 6.07) is 5.10. The predicted octanol–water partition coefficient (Wildman–Crippen LogP) is 2.03. The number of carbonyl (C=O) groups is 1. The van der Waals surface area contributed by atoms with Gasteiger partial charge < -0.3 is 10.2 Å². The van der Waals surface area contributed by atoms with E-state index >= 15 is 0 Å². The highest BCUT2D eigenvalue weighted by Gasteiger charge is 2.35. The van der Waals surface area contributed by atoms with E-state index in [1.165, 1.54) is 17.0 Å². The fraction of sp³-hybridized carbons (Fsp3) is 0.462. The highest BCUT2D eigenvalue weighted by atomic mass is 19.4. The normalized spacial score (nSPS) is 20.1. The molecule has 1 aromatic rings. The molecule has 1 aliphatic rings. The number of carbonyl (C=O) groups excluding carboxylic acids is 1. The van der Waals surface area contributed by atoms with Gasteiger partial charge in [0.2, 0.25) is 5.91 Å². The zero-order valence-corrected chi connectivity index (χ0v) is 10.5. The molecule has 1 aromatic carbocycles. The van der Waals surface area contributed by atoms with E-state index < -0.39 is 11.7 Å². The van der Waals surface area contributed by atoms with E-state index in [0.717, 1.165) is 6.07 Å². The molecule has 19 heavy (non-hydrogen) atoms.